The van der Waals surface area contributed by atoms with Crippen LogP contribution in [0.4, 0.5) is 30.5 Å². The molecule has 0 saturated heterocycles. The number of pyridine rings is 1. The van der Waals surface area contributed by atoms with Gasteiger partial charge in [0.2, 0.25) is 5.88 Å². The van der Waals surface area contributed by atoms with Gasteiger partial charge in [-0.25, -0.2) is 9.97 Å². The molecule has 0 saturated carbocycles. The number of nitrogen functional groups attached to an aromatic ring is 1. The number of nitrogens with one attached hydrogen (secondary N) is 1. The van der Waals surface area contributed by atoms with Gasteiger partial charge in [-0.3, -0.25) is 0 Å². The van der Waals surface area contributed by atoms with Crippen molar-refractivity contribution in [2.45, 2.75) is 6.18 Å². The number of anilines is 3. The number of rotatable bonds is 4. The normalized spacial score (nSPS) is 11.3. The predicted octanol–water partition coefficient (Wildman–Crippen LogP) is 5.42. The van der Waals surface area contributed by atoms with E-state index in [9.17, 15) is 13.2 Å². The Balaban J connectivity index is 1.85. The van der Waals surface area contributed by atoms with Crippen LogP contribution < -0.4 is 15.8 Å². The summed E-state index contributed by atoms with van der Waals surface area (Å²) < 4.78 is 44.6. The summed E-state index contributed by atoms with van der Waals surface area (Å²) in [6.45, 7) is 0. The van der Waals surface area contributed by atoms with E-state index in [1.807, 2.05) is 0 Å². The SMILES string of the molecule is Nc1c(Nc2ncc(C(F)(F)F)cc2Cl)ncnc1Oc1ccc(Br)cc1. The number of halogens is 5. The molecule has 2 heterocycles. The molecule has 1 aromatic carbocycles. The first kappa shape index (κ1) is 19.2. The topological polar surface area (TPSA) is 86.0 Å². The maximum absolute atomic E-state index is 12.7. The van der Waals surface area contributed by atoms with Crippen molar-refractivity contribution in [1.29, 1.82) is 0 Å². The van der Waals surface area contributed by atoms with E-state index in [2.05, 4.69) is 36.2 Å². The van der Waals surface area contributed by atoms with Crippen molar-refractivity contribution in [2.75, 3.05) is 11.1 Å². The number of nitrogens with two attached hydrogens (primary N) is 1. The van der Waals surface area contributed by atoms with Crippen molar-refractivity contribution in [1.82, 2.24) is 15.0 Å². The van der Waals surface area contributed by atoms with Crippen LogP contribution in [0.5, 0.6) is 11.6 Å². The number of aromatic nitrogens is 3. The van der Waals surface area contributed by atoms with Crippen LogP contribution in [0.25, 0.3) is 0 Å². The zero-order valence-electron chi connectivity index (χ0n) is 13.3. The highest BCUT2D eigenvalue weighted by Gasteiger charge is 2.31. The fourth-order valence-electron chi connectivity index (χ4n) is 1.97. The van der Waals surface area contributed by atoms with Crippen molar-refractivity contribution >= 4 is 44.9 Å². The fourth-order valence-corrected chi connectivity index (χ4v) is 2.45. The van der Waals surface area contributed by atoms with Crippen LogP contribution in [-0.4, -0.2) is 15.0 Å². The lowest BCUT2D eigenvalue weighted by Crippen LogP contribution is -2.08. The van der Waals surface area contributed by atoms with Crippen LogP contribution in [0, 0.1) is 0 Å². The minimum atomic E-state index is -4.55. The summed E-state index contributed by atoms with van der Waals surface area (Å²) in [4.78, 5) is 11.6. The Labute approximate surface area is 164 Å². The Bertz CT molecular complexity index is 969. The summed E-state index contributed by atoms with van der Waals surface area (Å²) in [7, 11) is 0. The maximum Gasteiger partial charge on any atom is 0.417 e. The Morgan fingerprint density at radius 3 is 2.41 bits per heavy atom. The summed E-state index contributed by atoms with van der Waals surface area (Å²) in [5.41, 5.74) is 5.06. The second-order valence-electron chi connectivity index (χ2n) is 5.17. The molecule has 3 aromatic rings. The van der Waals surface area contributed by atoms with Gasteiger partial charge in [0.05, 0.1) is 10.6 Å². The largest absolute Gasteiger partial charge is 0.437 e. The molecule has 0 aliphatic heterocycles. The molecule has 27 heavy (non-hydrogen) atoms. The van der Waals surface area contributed by atoms with Crippen LogP contribution in [0.15, 0.2) is 47.3 Å². The van der Waals surface area contributed by atoms with Crippen molar-refractivity contribution in [3.05, 3.63) is 57.9 Å². The van der Waals surface area contributed by atoms with Gasteiger partial charge in [-0.2, -0.15) is 18.2 Å². The number of benzene rings is 1. The van der Waals surface area contributed by atoms with Gasteiger partial charge in [0.15, 0.2) is 5.82 Å². The number of hydrogen-bond donors (Lipinski definition) is 2. The Hall–Kier alpha value is -2.59. The number of nitrogens with zero attached hydrogens (tertiary/aromatic N) is 3. The van der Waals surface area contributed by atoms with E-state index in [4.69, 9.17) is 22.1 Å². The third kappa shape index (κ3) is 4.58. The summed E-state index contributed by atoms with van der Waals surface area (Å²) in [5, 5.41) is 2.44. The van der Waals surface area contributed by atoms with E-state index in [1.165, 1.54) is 6.33 Å². The first-order chi connectivity index (χ1) is 12.7. The van der Waals surface area contributed by atoms with Crippen LogP contribution in [0.2, 0.25) is 5.02 Å². The molecule has 2 aromatic heterocycles. The van der Waals surface area contributed by atoms with Gasteiger partial charge < -0.3 is 15.8 Å². The van der Waals surface area contributed by atoms with Gasteiger partial charge in [0.1, 0.15) is 23.6 Å². The van der Waals surface area contributed by atoms with Gasteiger partial charge in [-0.05, 0) is 30.3 Å². The molecular weight excluding hydrogens is 451 g/mol. The highest BCUT2D eigenvalue weighted by Crippen LogP contribution is 2.35. The van der Waals surface area contributed by atoms with E-state index >= 15 is 0 Å². The third-order valence-electron chi connectivity index (χ3n) is 3.28. The van der Waals surface area contributed by atoms with E-state index < -0.39 is 11.7 Å². The van der Waals surface area contributed by atoms with Gasteiger partial charge in [-0.15, -0.1) is 0 Å². The molecule has 0 aliphatic rings. The molecule has 3 N–H and O–H groups in total. The van der Waals surface area contributed by atoms with E-state index in [0.29, 0.717) is 11.9 Å². The van der Waals surface area contributed by atoms with Crippen molar-refractivity contribution < 1.29 is 17.9 Å². The monoisotopic (exact) mass is 459 g/mol. The van der Waals surface area contributed by atoms with Crippen LogP contribution >= 0.6 is 27.5 Å². The minimum absolute atomic E-state index is 0.0374. The Kier molecular flexibility index (Phi) is 5.38. The van der Waals surface area contributed by atoms with E-state index in [-0.39, 0.29) is 28.2 Å². The average Bonchev–Trinajstić information content (AvgIpc) is 2.61. The molecule has 0 unspecified atom stereocenters. The molecule has 6 nitrogen and oxygen atoms in total. The van der Waals surface area contributed by atoms with Gasteiger partial charge >= 0.3 is 6.18 Å². The first-order valence-corrected chi connectivity index (χ1v) is 8.45. The van der Waals surface area contributed by atoms with Crippen LogP contribution in [0.3, 0.4) is 0 Å². The van der Waals surface area contributed by atoms with Crippen molar-refractivity contribution in [2.24, 2.45) is 0 Å². The van der Waals surface area contributed by atoms with Crippen molar-refractivity contribution in [3.8, 4) is 11.6 Å². The number of ether oxygens (including phenoxy) is 1. The van der Waals surface area contributed by atoms with Crippen LogP contribution in [-0.2, 0) is 6.18 Å². The summed E-state index contributed by atoms with van der Waals surface area (Å²) in [6.07, 6.45) is -2.70. The molecule has 140 valence electrons. The number of hydrogen-bond acceptors (Lipinski definition) is 6. The lowest BCUT2D eigenvalue weighted by atomic mass is 10.3. The molecule has 0 fully saturated rings. The summed E-state index contributed by atoms with van der Waals surface area (Å²) in [6, 6.07) is 7.71. The van der Waals surface area contributed by atoms with E-state index in [1.54, 1.807) is 24.3 Å². The average molecular weight is 461 g/mol. The van der Waals surface area contributed by atoms with E-state index in [0.717, 1.165) is 10.5 Å². The number of alkyl halides is 3. The smallest absolute Gasteiger partial charge is 0.417 e. The quantitative estimate of drug-likeness (QED) is 0.540. The second-order valence-corrected chi connectivity index (χ2v) is 6.50. The minimum Gasteiger partial charge on any atom is -0.437 e. The molecule has 0 aliphatic carbocycles. The lowest BCUT2D eigenvalue weighted by Gasteiger charge is -2.13. The van der Waals surface area contributed by atoms with Gasteiger partial charge in [-0.1, -0.05) is 27.5 Å². The van der Waals surface area contributed by atoms with Gasteiger partial charge in [0.25, 0.3) is 0 Å². The molecular formula is C16H10BrClF3N5O. The highest BCUT2D eigenvalue weighted by molar-refractivity contribution is 9.10. The third-order valence-corrected chi connectivity index (χ3v) is 4.10. The molecule has 0 atom stereocenters. The fraction of sp³-hybridized carbons (Fsp3) is 0.0625. The zero-order valence-corrected chi connectivity index (χ0v) is 15.6. The van der Waals surface area contributed by atoms with Crippen LogP contribution in [0.1, 0.15) is 5.56 Å². The Morgan fingerprint density at radius 2 is 1.78 bits per heavy atom. The molecule has 0 amide bonds. The van der Waals surface area contributed by atoms with Crippen molar-refractivity contribution in [3.63, 3.8) is 0 Å². The summed E-state index contributed by atoms with van der Waals surface area (Å²) >= 11 is 9.19. The zero-order chi connectivity index (χ0) is 19.6. The highest BCUT2D eigenvalue weighted by atomic mass is 79.9. The van der Waals surface area contributed by atoms with Gasteiger partial charge in [0, 0.05) is 10.7 Å². The standard InChI is InChI=1S/C16H10BrClF3N5O/c17-9-1-3-10(4-2-9)27-15-12(22)14(24-7-25-15)26-13-11(18)5-8(6-23-13)16(19,20)21/h1-7H,22H2,(H,23,24,25,26). The molecule has 3 rings (SSSR count). The lowest BCUT2D eigenvalue weighted by molar-refractivity contribution is -0.137. The predicted molar refractivity (Wildman–Crippen MR) is 98.2 cm³/mol. The Morgan fingerprint density at radius 1 is 1.07 bits per heavy atom. The maximum atomic E-state index is 12.7. The molecule has 0 radical (unpaired) electrons. The first-order valence-electron chi connectivity index (χ1n) is 7.27. The molecule has 11 heteroatoms. The second kappa shape index (κ2) is 7.57. The molecule has 0 spiro atoms. The molecule has 0 bridgehead atoms. The summed E-state index contributed by atoms with van der Waals surface area (Å²) in [5.74, 6) is 0.606.